The molecule has 0 bridgehead atoms. The first-order valence-corrected chi connectivity index (χ1v) is 7.90. The van der Waals surface area contributed by atoms with Crippen LogP contribution in [0.2, 0.25) is 5.02 Å². The second-order valence-electron chi connectivity index (χ2n) is 5.38. The molecule has 136 valence electrons. The highest BCUT2D eigenvalue weighted by molar-refractivity contribution is 6.32. The minimum atomic E-state index is -0.512. The molecule has 0 saturated carbocycles. The monoisotopic (exact) mass is 377 g/mol. The lowest BCUT2D eigenvalue weighted by Crippen LogP contribution is -2.19. The van der Waals surface area contributed by atoms with Crippen LogP contribution >= 0.6 is 11.6 Å². The van der Waals surface area contributed by atoms with Crippen molar-refractivity contribution in [3.8, 4) is 11.5 Å². The minimum Gasteiger partial charge on any atom is -0.495 e. The number of oxazole rings is 1. The molecule has 3 rings (SSSR count). The van der Waals surface area contributed by atoms with Gasteiger partial charge in [0.15, 0.2) is 5.58 Å². The van der Waals surface area contributed by atoms with E-state index in [9.17, 15) is 9.59 Å². The highest BCUT2D eigenvalue weighted by atomic mass is 35.5. The summed E-state index contributed by atoms with van der Waals surface area (Å²) in [5, 5.41) is 5.64. The van der Waals surface area contributed by atoms with Crippen LogP contribution in [-0.4, -0.2) is 24.8 Å². The highest BCUT2D eigenvalue weighted by Gasteiger charge is 2.13. The number of nitrogens with one attached hydrogen (secondary N) is 2. The molecule has 9 heteroatoms. The number of ether oxygens (including phenoxy) is 2. The average Bonchev–Trinajstić information content (AvgIpc) is 2.89. The Kier molecular flexibility index (Phi) is 4.77. The van der Waals surface area contributed by atoms with Gasteiger partial charge in [-0.1, -0.05) is 11.6 Å². The van der Waals surface area contributed by atoms with Gasteiger partial charge in [-0.2, -0.15) is 0 Å². The number of hydrogen-bond donors (Lipinski definition) is 2. The molecule has 2 amide bonds. The van der Waals surface area contributed by atoms with E-state index in [1.54, 1.807) is 31.3 Å². The van der Waals surface area contributed by atoms with E-state index in [4.69, 9.17) is 25.5 Å². The van der Waals surface area contributed by atoms with Crippen LogP contribution in [0.3, 0.4) is 0 Å². The standard InChI is InChI=1S/C17H16ClN3O5/c1-21-12-5-4-9(6-15(12)26-17(21)23)19-16(22)20-11-7-10(18)13(24-2)8-14(11)25-3/h4-8H,1-3H3,(H2,19,20,22). The zero-order valence-corrected chi connectivity index (χ0v) is 15.0. The maximum absolute atomic E-state index is 12.3. The summed E-state index contributed by atoms with van der Waals surface area (Å²) in [6.07, 6.45) is 0. The zero-order chi connectivity index (χ0) is 18.8. The number of methoxy groups -OCH3 is 2. The number of carbonyl (C=O) groups excluding carboxylic acids is 1. The molecule has 2 N–H and O–H groups in total. The molecule has 0 fully saturated rings. The molecule has 0 radical (unpaired) electrons. The third kappa shape index (κ3) is 3.31. The van der Waals surface area contributed by atoms with E-state index in [2.05, 4.69) is 10.6 Å². The molecule has 8 nitrogen and oxygen atoms in total. The second-order valence-corrected chi connectivity index (χ2v) is 5.78. The largest absolute Gasteiger partial charge is 0.495 e. The molecule has 0 aliphatic heterocycles. The first-order valence-electron chi connectivity index (χ1n) is 7.52. The molecule has 1 heterocycles. The van der Waals surface area contributed by atoms with Crippen LogP contribution in [0, 0.1) is 0 Å². The fourth-order valence-corrected chi connectivity index (χ4v) is 2.69. The van der Waals surface area contributed by atoms with Gasteiger partial charge in [0, 0.05) is 24.9 Å². The molecule has 0 aliphatic rings. The van der Waals surface area contributed by atoms with E-state index < -0.39 is 11.8 Å². The van der Waals surface area contributed by atoms with Crippen molar-refractivity contribution in [2.75, 3.05) is 24.9 Å². The predicted octanol–water partition coefficient (Wildman–Crippen LogP) is 3.45. The summed E-state index contributed by atoms with van der Waals surface area (Å²) in [5.74, 6) is 0.351. The van der Waals surface area contributed by atoms with Crippen molar-refractivity contribution in [2.45, 2.75) is 0 Å². The Morgan fingerprint density at radius 2 is 1.85 bits per heavy atom. The molecule has 2 aromatic carbocycles. The summed E-state index contributed by atoms with van der Waals surface area (Å²) in [6.45, 7) is 0. The molecule has 1 aromatic heterocycles. The van der Waals surface area contributed by atoms with Crippen molar-refractivity contribution in [3.63, 3.8) is 0 Å². The first kappa shape index (κ1) is 17.7. The van der Waals surface area contributed by atoms with E-state index in [0.29, 0.717) is 39.0 Å². The number of halogens is 1. The van der Waals surface area contributed by atoms with Gasteiger partial charge in [-0.15, -0.1) is 0 Å². The molecule has 0 spiro atoms. The van der Waals surface area contributed by atoms with Crippen molar-refractivity contribution < 1.29 is 18.7 Å². The number of anilines is 2. The number of urea groups is 1. The number of carbonyl (C=O) groups is 1. The van der Waals surface area contributed by atoms with Crippen LogP contribution < -0.4 is 25.9 Å². The third-order valence-electron chi connectivity index (χ3n) is 3.77. The lowest BCUT2D eigenvalue weighted by Gasteiger charge is -2.13. The number of rotatable bonds is 4. The van der Waals surface area contributed by atoms with Crippen LogP contribution in [-0.2, 0) is 7.05 Å². The number of aromatic nitrogens is 1. The van der Waals surface area contributed by atoms with E-state index in [-0.39, 0.29) is 0 Å². The quantitative estimate of drug-likeness (QED) is 0.726. The lowest BCUT2D eigenvalue weighted by atomic mass is 10.2. The normalized spacial score (nSPS) is 10.6. The van der Waals surface area contributed by atoms with Crippen molar-refractivity contribution in [3.05, 3.63) is 45.9 Å². The molecular weight excluding hydrogens is 362 g/mol. The van der Waals surface area contributed by atoms with Crippen LogP contribution in [0.15, 0.2) is 39.5 Å². The summed E-state index contributed by atoms with van der Waals surface area (Å²) >= 11 is 6.09. The number of amides is 2. The lowest BCUT2D eigenvalue weighted by molar-refractivity contribution is 0.262. The fourth-order valence-electron chi connectivity index (χ4n) is 2.45. The van der Waals surface area contributed by atoms with Gasteiger partial charge in [0.1, 0.15) is 11.5 Å². The molecule has 3 aromatic rings. The minimum absolute atomic E-state index is 0.330. The number of benzene rings is 2. The summed E-state index contributed by atoms with van der Waals surface area (Å²) in [4.78, 5) is 23.8. The fraction of sp³-hybridized carbons (Fsp3) is 0.176. The molecular formula is C17H16ClN3O5. The summed E-state index contributed by atoms with van der Waals surface area (Å²) < 4.78 is 16.8. The van der Waals surface area contributed by atoms with E-state index >= 15 is 0 Å². The Labute approximate surface area is 153 Å². The number of fused-ring (bicyclic) bond motifs is 1. The molecule has 0 atom stereocenters. The molecule has 0 unspecified atom stereocenters. The average molecular weight is 378 g/mol. The summed E-state index contributed by atoms with van der Waals surface area (Å²) in [6, 6.07) is 7.49. The Bertz CT molecular complexity index is 1040. The zero-order valence-electron chi connectivity index (χ0n) is 14.3. The maximum Gasteiger partial charge on any atom is 0.419 e. The van der Waals surface area contributed by atoms with Gasteiger partial charge in [-0.05, 0) is 18.2 Å². The van der Waals surface area contributed by atoms with Crippen LogP contribution in [0.4, 0.5) is 16.2 Å². The van der Waals surface area contributed by atoms with Crippen molar-refractivity contribution in [1.82, 2.24) is 4.57 Å². The molecule has 0 saturated heterocycles. The molecule has 26 heavy (non-hydrogen) atoms. The summed E-state index contributed by atoms with van der Waals surface area (Å²) in [7, 11) is 4.56. The van der Waals surface area contributed by atoms with Gasteiger partial charge in [-0.25, -0.2) is 9.59 Å². The topological polar surface area (TPSA) is 94.7 Å². The Morgan fingerprint density at radius 3 is 2.54 bits per heavy atom. The SMILES string of the molecule is COc1cc(OC)c(NC(=O)Nc2ccc3c(c2)oc(=O)n3C)cc1Cl. The van der Waals surface area contributed by atoms with Gasteiger partial charge in [0.25, 0.3) is 0 Å². The van der Waals surface area contributed by atoms with Crippen molar-refractivity contribution in [1.29, 1.82) is 0 Å². The van der Waals surface area contributed by atoms with E-state index in [1.165, 1.54) is 24.9 Å². The Morgan fingerprint density at radius 1 is 1.12 bits per heavy atom. The van der Waals surface area contributed by atoms with Crippen molar-refractivity contribution in [2.24, 2.45) is 7.05 Å². The van der Waals surface area contributed by atoms with Crippen molar-refractivity contribution >= 4 is 40.1 Å². The van der Waals surface area contributed by atoms with Crippen LogP contribution in [0.1, 0.15) is 0 Å². The van der Waals surface area contributed by atoms with Gasteiger partial charge < -0.3 is 24.5 Å². The van der Waals surface area contributed by atoms with Gasteiger partial charge in [-0.3, -0.25) is 4.57 Å². The Balaban J connectivity index is 1.81. The van der Waals surface area contributed by atoms with Gasteiger partial charge >= 0.3 is 11.8 Å². The van der Waals surface area contributed by atoms with Gasteiger partial charge in [0.05, 0.1) is 30.4 Å². The Hall–Kier alpha value is -3.13. The van der Waals surface area contributed by atoms with Gasteiger partial charge in [0.2, 0.25) is 0 Å². The predicted molar refractivity (Wildman–Crippen MR) is 98.7 cm³/mol. The second kappa shape index (κ2) is 7.01. The van der Waals surface area contributed by atoms with E-state index in [1.807, 2.05) is 0 Å². The smallest absolute Gasteiger partial charge is 0.419 e. The first-order chi connectivity index (χ1) is 12.4. The van der Waals surface area contributed by atoms with E-state index in [0.717, 1.165) is 0 Å². The highest BCUT2D eigenvalue weighted by Crippen LogP contribution is 2.35. The number of nitrogens with zero attached hydrogens (tertiary/aromatic N) is 1. The third-order valence-corrected chi connectivity index (χ3v) is 4.07. The molecule has 0 aliphatic carbocycles. The van der Waals surface area contributed by atoms with Crippen LogP contribution in [0.25, 0.3) is 11.1 Å². The van der Waals surface area contributed by atoms with Crippen LogP contribution in [0.5, 0.6) is 11.5 Å². The maximum atomic E-state index is 12.3. The summed E-state index contributed by atoms with van der Waals surface area (Å²) in [5.41, 5.74) is 1.84. The number of aryl methyl sites for hydroxylation is 1. The number of hydrogen-bond acceptors (Lipinski definition) is 5.